The van der Waals surface area contributed by atoms with Crippen molar-refractivity contribution in [3.05, 3.63) is 72.3 Å². The van der Waals surface area contributed by atoms with Gasteiger partial charge in [-0.2, -0.15) is 0 Å². The molecule has 5 nitrogen and oxygen atoms in total. The molecule has 27 heavy (non-hydrogen) atoms. The summed E-state index contributed by atoms with van der Waals surface area (Å²) in [4.78, 5) is 24.7. The molecule has 3 aromatic rings. The van der Waals surface area contributed by atoms with E-state index in [0.717, 1.165) is 10.8 Å². The maximum Gasteiger partial charge on any atom is 0.311 e. The molecule has 5 heteroatoms. The fourth-order valence-corrected chi connectivity index (χ4v) is 2.87. The summed E-state index contributed by atoms with van der Waals surface area (Å²) in [5, 5.41) is 4.79. The summed E-state index contributed by atoms with van der Waals surface area (Å²) >= 11 is 0. The van der Waals surface area contributed by atoms with Gasteiger partial charge in [0.1, 0.15) is 5.75 Å². The average molecular weight is 363 g/mol. The predicted molar refractivity (Wildman–Crippen MR) is 105 cm³/mol. The Morgan fingerprint density at radius 1 is 0.963 bits per heavy atom. The summed E-state index contributed by atoms with van der Waals surface area (Å²) in [5.74, 6) is -0.248. The van der Waals surface area contributed by atoms with Crippen LogP contribution in [0.1, 0.15) is 12.5 Å². The van der Waals surface area contributed by atoms with Crippen LogP contribution in [-0.2, 0) is 20.7 Å². The minimum atomic E-state index is -0.911. The van der Waals surface area contributed by atoms with E-state index in [0.29, 0.717) is 17.0 Å². The highest BCUT2D eigenvalue weighted by Crippen LogP contribution is 2.23. The molecule has 1 atom stereocenters. The van der Waals surface area contributed by atoms with Crippen molar-refractivity contribution in [1.29, 1.82) is 0 Å². The van der Waals surface area contributed by atoms with Gasteiger partial charge in [-0.15, -0.1) is 0 Å². The maximum absolute atomic E-state index is 12.5. The lowest BCUT2D eigenvalue weighted by Gasteiger charge is -2.15. The summed E-state index contributed by atoms with van der Waals surface area (Å²) in [7, 11) is 1.55. The van der Waals surface area contributed by atoms with Crippen molar-refractivity contribution in [2.45, 2.75) is 19.4 Å². The van der Waals surface area contributed by atoms with Gasteiger partial charge < -0.3 is 14.8 Å². The zero-order valence-electron chi connectivity index (χ0n) is 15.3. The van der Waals surface area contributed by atoms with Crippen LogP contribution in [0, 0.1) is 0 Å². The standard InChI is InChI=1S/C22H21NO4/c1-15(27-21(24)14-17-9-4-6-13-20(17)26-2)22(25)23-19-12-7-10-16-8-3-5-11-18(16)19/h3-13,15H,14H2,1-2H3,(H,23,25). The number of carbonyl (C=O) groups is 2. The second-order valence-corrected chi connectivity index (χ2v) is 6.14. The van der Waals surface area contributed by atoms with Crippen molar-refractivity contribution in [3.8, 4) is 5.75 Å². The van der Waals surface area contributed by atoms with Gasteiger partial charge in [-0.1, -0.05) is 54.6 Å². The number of fused-ring (bicyclic) bond motifs is 1. The van der Waals surface area contributed by atoms with Gasteiger partial charge in [-0.05, 0) is 24.4 Å². The normalized spacial score (nSPS) is 11.6. The van der Waals surface area contributed by atoms with Gasteiger partial charge >= 0.3 is 5.97 Å². The fraction of sp³-hybridized carbons (Fsp3) is 0.182. The van der Waals surface area contributed by atoms with Gasteiger partial charge in [0.25, 0.3) is 5.91 Å². The predicted octanol–water partition coefficient (Wildman–Crippen LogP) is 3.96. The first-order chi connectivity index (χ1) is 13.1. The van der Waals surface area contributed by atoms with Crippen LogP contribution < -0.4 is 10.1 Å². The van der Waals surface area contributed by atoms with Gasteiger partial charge in [0.05, 0.1) is 13.5 Å². The lowest BCUT2D eigenvalue weighted by Crippen LogP contribution is -2.30. The van der Waals surface area contributed by atoms with Crippen molar-refractivity contribution in [2.75, 3.05) is 12.4 Å². The molecule has 3 rings (SSSR count). The highest BCUT2D eigenvalue weighted by Gasteiger charge is 2.19. The minimum Gasteiger partial charge on any atom is -0.496 e. The largest absolute Gasteiger partial charge is 0.496 e. The van der Waals surface area contributed by atoms with E-state index in [1.165, 1.54) is 0 Å². The zero-order chi connectivity index (χ0) is 19.2. The molecule has 0 spiro atoms. The SMILES string of the molecule is COc1ccccc1CC(=O)OC(C)C(=O)Nc1cccc2ccccc12. The Kier molecular flexibility index (Phi) is 5.71. The van der Waals surface area contributed by atoms with E-state index < -0.39 is 12.1 Å². The first kappa shape index (κ1) is 18.5. The first-order valence-corrected chi connectivity index (χ1v) is 8.68. The number of amides is 1. The number of para-hydroxylation sites is 1. The molecule has 0 radical (unpaired) electrons. The summed E-state index contributed by atoms with van der Waals surface area (Å²) in [6.07, 6.45) is -0.873. The molecule has 1 amide bonds. The Labute approximate surface area is 157 Å². The quantitative estimate of drug-likeness (QED) is 0.673. The van der Waals surface area contributed by atoms with Crippen molar-refractivity contribution in [3.63, 3.8) is 0 Å². The Morgan fingerprint density at radius 3 is 2.48 bits per heavy atom. The van der Waals surface area contributed by atoms with Crippen LogP contribution in [0.25, 0.3) is 10.8 Å². The number of hydrogen-bond donors (Lipinski definition) is 1. The van der Waals surface area contributed by atoms with Crippen LogP contribution in [0.15, 0.2) is 66.7 Å². The number of esters is 1. The minimum absolute atomic E-state index is 0.0376. The third-order valence-corrected chi connectivity index (χ3v) is 4.25. The van der Waals surface area contributed by atoms with Crippen molar-refractivity contribution >= 4 is 28.3 Å². The highest BCUT2D eigenvalue weighted by molar-refractivity contribution is 6.03. The molecule has 0 aliphatic carbocycles. The molecule has 0 aliphatic heterocycles. The zero-order valence-corrected chi connectivity index (χ0v) is 15.3. The summed E-state index contributed by atoms with van der Waals surface area (Å²) in [6, 6.07) is 20.6. The number of nitrogens with one attached hydrogen (secondary N) is 1. The summed E-state index contributed by atoms with van der Waals surface area (Å²) in [6.45, 7) is 1.56. The third-order valence-electron chi connectivity index (χ3n) is 4.25. The van der Waals surface area contributed by atoms with E-state index >= 15 is 0 Å². The van der Waals surface area contributed by atoms with Gasteiger partial charge in [-0.25, -0.2) is 0 Å². The molecule has 0 bridgehead atoms. The van der Waals surface area contributed by atoms with Crippen molar-refractivity contribution in [1.82, 2.24) is 0 Å². The number of anilines is 1. The van der Waals surface area contributed by atoms with E-state index in [-0.39, 0.29) is 12.3 Å². The highest BCUT2D eigenvalue weighted by atomic mass is 16.5. The molecular weight excluding hydrogens is 342 g/mol. The van der Waals surface area contributed by atoms with E-state index in [1.807, 2.05) is 54.6 Å². The van der Waals surface area contributed by atoms with Gasteiger partial charge in [-0.3, -0.25) is 9.59 Å². The molecule has 138 valence electrons. The van der Waals surface area contributed by atoms with Gasteiger partial charge in [0, 0.05) is 16.6 Å². The molecular formula is C22H21NO4. The van der Waals surface area contributed by atoms with Crippen LogP contribution in [0.4, 0.5) is 5.69 Å². The Morgan fingerprint density at radius 2 is 1.67 bits per heavy atom. The maximum atomic E-state index is 12.5. The van der Waals surface area contributed by atoms with Gasteiger partial charge in [0.2, 0.25) is 0 Å². The van der Waals surface area contributed by atoms with Gasteiger partial charge in [0.15, 0.2) is 6.10 Å². The molecule has 0 aromatic heterocycles. The molecule has 0 heterocycles. The topological polar surface area (TPSA) is 64.6 Å². The van der Waals surface area contributed by atoms with Crippen LogP contribution in [0.2, 0.25) is 0 Å². The average Bonchev–Trinajstić information content (AvgIpc) is 2.68. The molecule has 1 unspecified atom stereocenters. The number of rotatable bonds is 6. The molecule has 0 saturated carbocycles. The van der Waals surface area contributed by atoms with E-state index in [1.54, 1.807) is 26.2 Å². The Bertz CT molecular complexity index is 962. The van der Waals surface area contributed by atoms with E-state index in [2.05, 4.69) is 5.32 Å². The summed E-state index contributed by atoms with van der Waals surface area (Å²) < 4.78 is 10.5. The summed E-state index contributed by atoms with van der Waals surface area (Å²) in [5.41, 5.74) is 1.40. The molecule has 3 aromatic carbocycles. The van der Waals surface area contributed by atoms with Crippen LogP contribution in [-0.4, -0.2) is 25.1 Å². The Balaban J connectivity index is 1.64. The number of ether oxygens (including phenoxy) is 2. The van der Waals surface area contributed by atoms with Crippen molar-refractivity contribution < 1.29 is 19.1 Å². The second kappa shape index (κ2) is 8.36. The molecule has 0 aliphatic rings. The van der Waals surface area contributed by atoms with Crippen LogP contribution in [0.3, 0.4) is 0 Å². The number of benzene rings is 3. The monoisotopic (exact) mass is 363 g/mol. The lowest BCUT2D eigenvalue weighted by atomic mass is 10.1. The molecule has 0 fully saturated rings. The van der Waals surface area contributed by atoms with Crippen LogP contribution >= 0.6 is 0 Å². The molecule has 0 saturated heterocycles. The first-order valence-electron chi connectivity index (χ1n) is 8.68. The fourth-order valence-electron chi connectivity index (χ4n) is 2.87. The van der Waals surface area contributed by atoms with Crippen LogP contribution in [0.5, 0.6) is 5.75 Å². The second-order valence-electron chi connectivity index (χ2n) is 6.14. The number of hydrogen-bond acceptors (Lipinski definition) is 4. The smallest absolute Gasteiger partial charge is 0.311 e. The number of carbonyl (C=O) groups excluding carboxylic acids is 2. The lowest BCUT2D eigenvalue weighted by molar-refractivity contribution is -0.152. The van der Waals surface area contributed by atoms with E-state index in [9.17, 15) is 9.59 Å². The Hall–Kier alpha value is -3.34. The number of methoxy groups -OCH3 is 1. The van der Waals surface area contributed by atoms with Crippen molar-refractivity contribution in [2.24, 2.45) is 0 Å². The third kappa shape index (κ3) is 4.44. The molecule has 1 N–H and O–H groups in total. The van der Waals surface area contributed by atoms with E-state index in [4.69, 9.17) is 9.47 Å².